The van der Waals surface area contributed by atoms with Gasteiger partial charge in [0.2, 0.25) is 65.0 Å². The summed E-state index contributed by atoms with van der Waals surface area (Å²) in [5.41, 5.74) is 9.77. The number of hydrogen-bond donors (Lipinski definition) is 19. The standard InChI is InChI=1S/C63H105N15O19/c1-15-33(10)42-56(90)76-43(34(11)80)55(89)68-27-41(81)74-45(48(83)50(64)84)58(92)72-40(28-79)60(94)96-49(35-20-17-16-18-21-35)46(78-54(88)38(25-30(4)5)70-53(87)39(26-31(6)7)73-62(95)97-63(12,13)14)59(93)77-44(47(82)32(8)9)57(91)71-37(24-29(2)3)52(86)69-36(51(85)75-42)22-19-23-67-61(65)66/h16-18,20-21,29-34,36-40,42-49,79-80,82-83H,15,19,22-28H2,1-14H3,(H2,64,84)(H,68,89)(H,69,86)(H,70,87)(H,71,91)(H,72,92)(H,73,95)(H,74,81)(H,75,85)(H,76,90)(H,77,93)(H,78,88)(H4,65,66,67)/t33-,34-,36+,37-,38-,39-,40-,42-,43-,44-,45-,46-,47+,48-,49+/m0/s1. The maximum atomic E-state index is 15.5. The lowest BCUT2D eigenvalue weighted by Crippen LogP contribution is -2.64. The number of nitrogens with one attached hydrogen (secondary N) is 13. The Hall–Kier alpha value is -8.76. The summed E-state index contributed by atoms with van der Waals surface area (Å²) in [5.74, 6) is -18.1. The van der Waals surface area contributed by atoms with Crippen molar-refractivity contribution >= 4 is 83.0 Å². The molecule has 1 saturated heterocycles. The largest absolute Gasteiger partial charge is 0.453 e. The van der Waals surface area contributed by atoms with Crippen molar-refractivity contribution < 1.29 is 92.2 Å². The van der Waals surface area contributed by atoms with Gasteiger partial charge >= 0.3 is 12.1 Å². The number of carbonyl (C=O) groups is 13. The fourth-order valence-corrected chi connectivity index (χ4v) is 9.81. The Bertz CT molecular complexity index is 2870. The Labute approximate surface area is 565 Å². The van der Waals surface area contributed by atoms with E-state index in [2.05, 4.69) is 53.2 Å². The zero-order chi connectivity index (χ0) is 73.9. The highest BCUT2D eigenvalue weighted by molar-refractivity contribution is 6.00. The van der Waals surface area contributed by atoms with E-state index >= 15 is 14.4 Å². The molecule has 1 aliphatic rings. The summed E-state index contributed by atoms with van der Waals surface area (Å²) in [6.07, 6.45) is -9.45. The summed E-state index contributed by atoms with van der Waals surface area (Å²) in [6, 6.07) is -11.4. The van der Waals surface area contributed by atoms with E-state index in [0.717, 1.165) is 6.92 Å². The van der Waals surface area contributed by atoms with E-state index in [-0.39, 0.29) is 56.6 Å². The normalized spacial score (nSPS) is 23.9. The van der Waals surface area contributed by atoms with Gasteiger partial charge in [0.25, 0.3) is 0 Å². The van der Waals surface area contributed by atoms with Crippen LogP contribution in [0.2, 0.25) is 0 Å². The van der Waals surface area contributed by atoms with Gasteiger partial charge in [-0.1, -0.05) is 106 Å². The van der Waals surface area contributed by atoms with Crippen LogP contribution in [0.15, 0.2) is 30.3 Å². The van der Waals surface area contributed by atoms with Crippen LogP contribution < -0.4 is 75.3 Å². The lowest BCUT2D eigenvalue weighted by atomic mass is 9.95. The van der Waals surface area contributed by atoms with Crippen LogP contribution in [-0.2, 0) is 67.0 Å². The van der Waals surface area contributed by atoms with E-state index in [4.69, 9.17) is 26.4 Å². The van der Waals surface area contributed by atoms with E-state index in [1.54, 1.807) is 76.2 Å². The van der Waals surface area contributed by atoms with Crippen LogP contribution in [0.5, 0.6) is 0 Å². The minimum Gasteiger partial charge on any atom is -0.453 e. The summed E-state index contributed by atoms with van der Waals surface area (Å²) in [6.45, 7) is 19.9. The number of carbonyl (C=O) groups excluding carboxylic acids is 13. The van der Waals surface area contributed by atoms with Crippen molar-refractivity contribution in [2.24, 2.45) is 41.1 Å². The molecule has 34 heteroatoms. The molecule has 1 aromatic carbocycles. The predicted molar refractivity (Wildman–Crippen MR) is 351 cm³/mol. The van der Waals surface area contributed by atoms with Crippen molar-refractivity contribution in [2.75, 3.05) is 19.7 Å². The van der Waals surface area contributed by atoms with Crippen molar-refractivity contribution in [3.05, 3.63) is 35.9 Å². The fraction of sp³-hybridized carbons (Fsp3) is 0.683. The Kier molecular flexibility index (Phi) is 34.8. The third-order valence-corrected chi connectivity index (χ3v) is 15.1. The molecule has 97 heavy (non-hydrogen) atoms. The number of rotatable bonds is 24. The van der Waals surface area contributed by atoms with Crippen LogP contribution in [0.4, 0.5) is 4.79 Å². The minimum absolute atomic E-state index is 0.000572. The monoisotopic (exact) mass is 1380 g/mol. The molecule has 0 bridgehead atoms. The van der Waals surface area contributed by atoms with Gasteiger partial charge in [-0.25, -0.2) is 9.59 Å². The molecule has 1 fully saturated rings. The number of esters is 1. The van der Waals surface area contributed by atoms with E-state index < -0.39 is 210 Å². The number of aliphatic hydroxyl groups is 4. The van der Waals surface area contributed by atoms with Crippen LogP contribution in [0.3, 0.4) is 0 Å². The molecule has 1 aliphatic heterocycles. The Morgan fingerprint density at radius 2 is 1.18 bits per heavy atom. The van der Waals surface area contributed by atoms with Gasteiger partial charge in [-0.15, -0.1) is 0 Å². The highest BCUT2D eigenvalue weighted by Crippen LogP contribution is 2.25. The van der Waals surface area contributed by atoms with Crippen molar-refractivity contribution in [3.8, 4) is 0 Å². The molecular formula is C63H105N15O19. The van der Waals surface area contributed by atoms with Crippen molar-refractivity contribution in [2.45, 2.75) is 226 Å². The second-order valence-electron chi connectivity index (χ2n) is 26.7. The first kappa shape index (κ1) is 84.3. The first-order chi connectivity index (χ1) is 45.1. The first-order valence-electron chi connectivity index (χ1n) is 32.4. The summed E-state index contributed by atoms with van der Waals surface area (Å²) in [4.78, 5) is 185. The van der Waals surface area contributed by atoms with Gasteiger partial charge in [-0.3, -0.25) is 58.1 Å². The first-order valence-corrected chi connectivity index (χ1v) is 32.4. The zero-order valence-corrected chi connectivity index (χ0v) is 57.8. The molecule has 12 amide bonds. The van der Waals surface area contributed by atoms with Gasteiger partial charge < -0.3 is 105 Å². The lowest BCUT2D eigenvalue weighted by Gasteiger charge is -2.34. The third-order valence-electron chi connectivity index (χ3n) is 15.1. The minimum atomic E-state index is -2.60. The molecule has 2 rings (SSSR count). The molecule has 0 unspecified atom stereocenters. The average Bonchev–Trinajstić information content (AvgIpc) is 0.821. The molecule has 34 nitrogen and oxygen atoms in total. The summed E-state index contributed by atoms with van der Waals surface area (Å²) < 4.78 is 11.4. The van der Waals surface area contributed by atoms with Gasteiger partial charge in [0, 0.05) is 6.54 Å². The second-order valence-corrected chi connectivity index (χ2v) is 26.7. The maximum absolute atomic E-state index is 15.5. The van der Waals surface area contributed by atoms with E-state index in [1.807, 2.05) is 10.6 Å². The Balaban J connectivity index is 3.17. The van der Waals surface area contributed by atoms with Gasteiger partial charge in [0.05, 0.1) is 25.4 Å². The fourth-order valence-electron chi connectivity index (χ4n) is 9.81. The molecular weight excluding hydrogens is 1270 g/mol. The summed E-state index contributed by atoms with van der Waals surface area (Å²) in [5, 5.41) is 81.1. The van der Waals surface area contributed by atoms with Crippen LogP contribution in [-0.4, -0.2) is 207 Å². The van der Waals surface area contributed by atoms with E-state index in [1.165, 1.54) is 44.2 Å². The number of alkyl carbamates (subject to hydrolysis) is 1. The second kappa shape index (κ2) is 40.1. The van der Waals surface area contributed by atoms with Gasteiger partial charge in [-0.2, -0.15) is 0 Å². The Morgan fingerprint density at radius 1 is 0.649 bits per heavy atom. The smallest absolute Gasteiger partial charge is 0.408 e. The van der Waals surface area contributed by atoms with Crippen LogP contribution >= 0.6 is 0 Å². The van der Waals surface area contributed by atoms with E-state index in [9.17, 15) is 68.4 Å². The number of hydrogen-bond acceptors (Lipinski definition) is 20. The number of benzene rings is 1. The molecule has 1 heterocycles. The molecule has 0 radical (unpaired) electrons. The maximum Gasteiger partial charge on any atom is 0.408 e. The topological polar surface area (TPSA) is 542 Å². The van der Waals surface area contributed by atoms with Crippen LogP contribution in [0.1, 0.15) is 147 Å². The summed E-state index contributed by atoms with van der Waals surface area (Å²) in [7, 11) is 0. The molecule has 0 aromatic heterocycles. The highest BCUT2D eigenvalue weighted by atomic mass is 16.6. The number of amides is 12. The highest BCUT2D eigenvalue weighted by Gasteiger charge is 2.44. The molecule has 1 aromatic rings. The van der Waals surface area contributed by atoms with Crippen molar-refractivity contribution in [1.29, 1.82) is 5.41 Å². The molecule has 21 N–H and O–H groups in total. The van der Waals surface area contributed by atoms with Crippen LogP contribution in [0, 0.1) is 35.0 Å². The number of ether oxygens (including phenoxy) is 2. The van der Waals surface area contributed by atoms with Crippen molar-refractivity contribution in [1.82, 2.24) is 63.8 Å². The number of primary amides is 1. The summed E-state index contributed by atoms with van der Waals surface area (Å²) >= 11 is 0. The van der Waals surface area contributed by atoms with Gasteiger partial charge in [0.1, 0.15) is 60.0 Å². The molecule has 546 valence electrons. The number of cyclic esters (lactones) is 1. The quantitative estimate of drug-likeness (QED) is 0.0205. The van der Waals surface area contributed by atoms with E-state index in [0.29, 0.717) is 0 Å². The zero-order valence-electron chi connectivity index (χ0n) is 57.8. The van der Waals surface area contributed by atoms with Gasteiger partial charge in [-0.05, 0) is 95.0 Å². The number of guanidine groups is 1. The number of aliphatic hydroxyl groups excluding tert-OH is 4. The SMILES string of the molecule is CC[C@H](C)[C@@H]1NC(=O)[C@@H](CCCNC(=N)N)NC(=O)[C@H](CC(C)C)NC(=O)[C@H]([C@H](O)C(C)C)NC(=O)[C@@H](NC(=O)[C@H](CC(C)C)NC(=O)[C@H](CC(C)C)NC(=O)OC(C)(C)C)[C@@H](c2ccccc2)OC(=O)[C@H](CO)NC(=O)[C@H]([C@H](O)C(N)=O)NC(=O)CNC(=O)[C@H]([C@H](C)O)NC1=O. The average molecular weight is 1380 g/mol. The third kappa shape index (κ3) is 28.8. The number of nitrogens with two attached hydrogens (primary N) is 2. The van der Waals surface area contributed by atoms with Crippen LogP contribution in [0.25, 0.3) is 0 Å². The molecule has 0 aliphatic carbocycles. The van der Waals surface area contributed by atoms with Gasteiger partial charge in [0.15, 0.2) is 24.2 Å². The lowest BCUT2D eigenvalue weighted by molar-refractivity contribution is -0.159. The molecule has 15 atom stereocenters. The molecule has 0 saturated carbocycles. The predicted octanol–water partition coefficient (Wildman–Crippen LogP) is -3.66. The van der Waals surface area contributed by atoms with Crippen molar-refractivity contribution in [3.63, 3.8) is 0 Å². The molecule has 0 spiro atoms. The Morgan fingerprint density at radius 3 is 1.69 bits per heavy atom.